The second kappa shape index (κ2) is 4.79. The minimum absolute atomic E-state index is 0.0241. The van der Waals surface area contributed by atoms with E-state index >= 15 is 0 Å². The molecule has 0 aliphatic heterocycles. The fourth-order valence-electron chi connectivity index (χ4n) is 2.67. The number of halogens is 2. The minimum atomic E-state index is -0.504. The zero-order valence-electron chi connectivity index (χ0n) is 11.3. The minimum Gasteiger partial charge on any atom is -0.387 e. The van der Waals surface area contributed by atoms with E-state index in [2.05, 4.69) is 18.8 Å². The van der Waals surface area contributed by atoms with Crippen LogP contribution in [0.15, 0.2) is 18.2 Å². The van der Waals surface area contributed by atoms with Crippen molar-refractivity contribution in [2.45, 2.75) is 32.8 Å². The van der Waals surface area contributed by atoms with Gasteiger partial charge in [0, 0.05) is 10.6 Å². The summed E-state index contributed by atoms with van der Waals surface area (Å²) in [6.45, 7) is 4.22. The van der Waals surface area contributed by atoms with Crippen LogP contribution in [0, 0.1) is 11.2 Å². The van der Waals surface area contributed by atoms with Gasteiger partial charge in [0.2, 0.25) is 0 Å². The zero-order valence-corrected chi connectivity index (χ0v) is 12.9. The maximum atomic E-state index is 14.0. The third kappa shape index (κ3) is 2.48. The lowest BCUT2D eigenvalue weighted by Crippen LogP contribution is -2.24. The Morgan fingerprint density at radius 3 is 2.90 bits per heavy atom. The summed E-state index contributed by atoms with van der Waals surface area (Å²) in [5.74, 6) is -0.377. The van der Waals surface area contributed by atoms with Crippen molar-refractivity contribution in [1.29, 1.82) is 0 Å². The highest BCUT2D eigenvalue weighted by Gasteiger charge is 2.34. The van der Waals surface area contributed by atoms with Crippen molar-refractivity contribution in [2.75, 3.05) is 0 Å². The Labute approximate surface area is 126 Å². The fourth-order valence-corrected chi connectivity index (χ4v) is 3.92. The third-order valence-corrected chi connectivity index (χ3v) is 5.05. The number of hydrogen-bond acceptors (Lipinski definition) is 3. The Kier molecular flexibility index (Phi) is 3.35. The number of thiazole rings is 1. The number of aliphatic hydroxyl groups is 1. The maximum absolute atomic E-state index is 14.0. The maximum Gasteiger partial charge on any atom is 0.134 e. The number of aliphatic hydroxyl groups excluding tert-OH is 1. The van der Waals surface area contributed by atoms with Crippen LogP contribution in [0.5, 0.6) is 0 Å². The molecule has 1 aliphatic carbocycles. The van der Waals surface area contributed by atoms with Crippen LogP contribution in [0.1, 0.15) is 36.9 Å². The standard InChI is InChI=1S/C15H15ClFNOS/c1-15(2)6-11-13(12(19)7-15)20-14(18-11)9-4-3-8(16)5-10(9)17/h3-5,12,19H,6-7H2,1-2H3. The first-order valence-electron chi connectivity index (χ1n) is 6.49. The lowest BCUT2D eigenvalue weighted by Gasteiger charge is -2.31. The van der Waals surface area contributed by atoms with Crippen molar-refractivity contribution < 1.29 is 9.50 Å². The molecule has 20 heavy (non-hydrogen) atoms. The molecule has 0 radical (unpaired) electrons. The number of hydrogen-bond donors (Lipinski definition) is 1. The van der Waals surface area contributed by atoms with Gasteiger partial charge in [-0.2, -0.15) is 0 Å². The number of rotatable bonds is 1. The molecule has 1 aromatic carbocycles. The summed E-state index contributed by atoms with van der Waals surface area (Å²) >= 11 is 7.14. The summed E-state index contributed by atoms with van der Waals surface area (Å²) in [5, 5.41) is 11.2. The van der Waals surface area contributed by atoms with E-state index in [-0.39, 0.29) is 11.2 Å². The molecule has 0 saturated carbocycles. The van der Waals surface area contributed by atoms with E-state index in [1.165, 1.54) is 17.4 Å². The quantitative estimate of drug-likeness (QED) is 0.834. The molecule has 1 atom stereocenters. The first-order chi connectivity index (χ1) is 9.35. The highest BCUT2D eigenvalue weighted by Crippen LogP contribution is 2.45. The molecular formula is C15H15ClFNOS. The van der Waals surface area contributed by atoms with Gasteiger partial charge in [-0.05, 0) is 36.5 Å². The van der Waals surface area contributed by atoms with Crippen LogP contribution in [0.25, 0.3) is 10.6 Å². The van der Waals surface area contributed by atoms with Crippen molar-refractivity contribution in [3.8, 4) is 10.6 Å². The molecule has 2 aromatic rings. The van der Waals surface area contributed by atoms with Gasteiger partial charge in [-0.3, -0.25) is 0 Å². The molecule has 0 bridgehead atoms. The van der Waals surface area contributed by atoms with E-state index in [1.807, 2.05) is 0 Å². The van der Waals surface area contributed by atoms with Gasteiger partial charge < -0.3 is 5.11 Å². The molecule has 2 nitrogen and oxygen atoms in total. The topological polar surface area (TPSA) is 33.1 Å². The molecule has 106 valence electrons. The summed E-state index contributed by atoms with van der Waals surface area (Å²) in [6, 6.07) is 4.58. The summed E-state index contributed by atoms with van der Waals surface area (Å²) in [6.07, 6.45) is 1.02. The Morgan fingerprint density at radius 2 is 2.20 bits per heavy atom. The molecule has 1 unspecified atom stereocenters. The second-order valence-corrected chi connectivity index (χ2v) is 7.48. The monoisotopic (exact) mass is 311 g/mol. The van der Waals surface area contributed by atoms with Gasteiger partial charge in [-0.15, -0.1) is 11.3 Å². The van der Waals surface area contributed by atoms with Crippen LogP contribution in [0.3, 0.4) is 0 Å². The van der Waals surface area contributed by atoms with Gasteiger partial charge in [0.05, 0.1) is 16.7 Å². The lowest BCUT2D eigenvalue weighted by molar-refractivity contribution is 0.102. The van der Waals surface area contributed by atoms with Crippen molar-refractivity contribution in [3.63, 3.8) is 0 Å². The number of nitrogens with zero attached hydrogens (tertiary/aromatic N) is 1. The largest absolute Gasteiger partial charge is 0.387 e. The predicted octanol–water partition coefficient (Wildman–Crippen LogP) is 4.61. The highest BCUT2D eigenvalue weighted by atomic mass is 35.5. The highest BCUT2D eigenvalue weighted by molar-refractivity contribution is 7.15. The molecule has 0 saturated heterocycles. The van der Waals surface area contributed by atoms with Crippen LogP contribution < -0.4 is 0 Å². The van der Waals surface area contributed by atoms with E-state index in [0.717, 1.165) is 17.0 Å². The Balaban J connectivity index is 2.06. The average molecular weight is 312 g/mol. The van der Waals surface area contributed by atoms with Gasteiger partial charge in [0.15, 0.2) is 0 Å². The SMILES string of the molecule is CC1(C)Cc2nc(-c3ccc(Cl)cc3F)sc2C(O)C1. The second-order valence-electron chi connectivity index (χ2n) is 6.02. The van der Waals surface area contributed by atoms with E-state index in [9.17, 15) is 9.50 Å². The van der Waals surface area contributed by atoms with E-state index < -0.39 is 6.10 Å². The smallest absolute Gasteiger partial charge is 0.134 e. The molecular weight excluding hydrogens is 297 g/mol. The molecule has 1 aromatic heterocycles. The first kappa shape index (κ1) is 14.0. The van der Waals surface area contributed by atoms with E-state index in [1.54, 1.807) is 12.1 Å². The van der Waals surface area contributed by atoms with Gasteiger partial charge in [0.25, 0.3) is 0 Å². The molecule has 1 heterocycles. The van der Waals surface area contributed by atoms with Gasteiger partial charge in [-0.25, -0.2) is 9.37 Å². The molecule has 5 heteroatoms. The summed E-state index contributed by atoms with van der Waals surface area (Å²) in [5.41, 5.74) is 1.36. The Morgan fingerprint density at radius 1 is 1.45 bits per heavy atom. The van der Waals surface area contributed by atoms with Crippen molar-refractivity contribution in [3.05, 3.63) is 39.6 Å². The van der Waals surface area contributed by atoms with Crippen LogP contribution in [-0.4, -0.2) is 10.1 Å². The normalized spacial score (nSPS) is 20.8. The van der Waals surface area contributed by atoms with E-state index in [4.69, 9.17) is 11.6 Å². The Bertz CT molecular complexity index is 668. The first-order valence-corrected chi connectivity index (χ1v) is 7.68. The number of benzene rings is 1. The van der Waals surface area contributed by atoms with Crippen LogP contribution in [0.2, 0.25) is 5.02 Å². The van der Waals surface area contributed by atoms with Crippen LogP contribution in [0.4, 0.5) is 4.39 Å². The summed E-state index contributed by atoms with van der Waals surface area (Å²) in [7, 11) is 0. The van der Waals surface area contributed by atoms with Crippen LogP contribution >= 0.6 is 22.9 Å². The van der Waals surface area contributed by atoms with Crippen molar-refractivity contribution in [2.24, 2.45) is 5.41 Å². The molecule has 1 N–H and O–H groups in total. The van der Waals surface area contributed by atoms with Crippen LogP contribution in [-0.2, 0) is 6.42 Å². The summed E-state index contributed by atoms with van der Waals surface area (Å²) < 4.78 is 14.0. The fraction of sp³-hybridized carbons (Fsp3) is 0.400. The predicted molar refractivity (Wildman–Crippen MR) is 79.6 cm³/mol. The van der Waals surface area contributed by atoms with Gasteiger partial charge in [0.1, 0.15) is 10.8 Å². The number of aromatic nitrogens is 1. The van der Waals surface area contributed by atoms with E-state index in [0.29, 0.717) is 22.0 Å². The molecule has 3 rings (SSSR count). The summed E-state index contributed by atoms with van der Waals surface area (Å²) in [4.78, 5) is 5.40. The molecule has 0 fully saturated rings. The average Bonchev–Trinajstić information content (AvgIpc) is 2.70. The number of fused-ring (bicyclic) bond motifs is 1. The van der Waals surface area contributed by atoms with Gasteiger partial charge >= 0.3 is 0 Å². The van der Waals surface area contributed by atoms with Crippen molar-refractivity contribution in [1.82, 2.24) is 4.98 Å². The van der Waals surface area contributed by atoms with Gasteiger partial charge in [-0.1, -0.05) is 25.4 Å². The molecule has 0 amide bonds. The van der Waals surface area contributed by atoms with Crippen molar-refractivity contribution >= 4 is 22.9 Å². The molecule has 0 spiro atoms. The zero-order chi connectivity index (χ0) is 14.5. The lowest BCUT2D eigenvalue weighted by atomic mass is 9.77. The molecule has 1 aliphatic rings. The Hall–Kier alpha value is -0.970. The third-order valence-electron chi connectivity index (χ3n) is 3.58.